The summed E-state index contributed by atoms with van der Waals surface area (Å²) in [6, 6.07) is 7.37. The molecule has 3 amide bonds. The van der Waals surface area contributed by atoms with Crippen LogP contribution in [-0.2, 0) is 16.0 Å². The summed E-state index contributed by atoms with van der Waals surface area (Å²) in [7, 11) is 0. The molecule has 2 aromatic heterocycles. The Morgan fingerprint density at radius 3 is 2.59 bits per heavy atom. The number of imide groups is 1. The zero-order chi connectivity index (χ0) is 23.1. The van der Waals surface area contributed by atoms with Crippen molar-refractivity contribution in [2.24, 2.45) is 0 Å². The number of ether oxygens (including phenoxy) is 1. The van der Waals surface area contributed by atoms with Crippen LogP contribution in [0.5, 0.6) is 0 Å². The number of amides is 3. The van der Waals surface area contributed by atoms with Gasteiger partial charge in [0.2, 0.25) is 11.9 Å². The lowest BCUT2D eigenvalue weighted by molar-refractivity contribution is -0.120. The van der Waals surface area contributed by atoms with Crippen LogP contribution in [0.4, 0.5) is 28.1 Å². The van der Waals surface area contributed by atoms with Crippen molar-refractivity contribution in [3.63, 3.8) is 0 Å². The molecule has 12 heteroatoms. The minimum absolute atomic E-state index is 0.286. The standard InChI is InChI=1S/C22H25N9O3/c32-19-17(26-22(33)28-19)11-13-12-23-31-18(13)27-20(29-21(31)25-15-1-2-15)24-14-3-5-16(6-4-14)30-7-9-34-10-8-30/h3-6,12,15,17H,1-2,7-11H2,(H2,24,25,27,29)(H2,26,28,32,33). The predicted molar refractivity (Wildman–Crippen MR) is 124 cm³/mol. The Labute approximate surface area is 195 Å². The molecule has 3 fully saturated rings. The minimum atomic E-state index is -0.653. The number of carbonyl (C=O) groups excluding carboxylic acids is 2. The van der Waals surface area contributed by atoms with Gasteiger partial charge in [-0.15, -0.1) is 0 Å². The molecule has 0 radical (unpaired) electrons. The molecule has 1 saturated carbocycles. The average Bonchev–Trinajstić information content (AvgIpc) is 3.48. The quantitative estimate of drug-likeness (QED) is 0.379. The molecule has 6 rings (SSSR count). The highest BCUT2D eigenvalue weighted by atomic mass is 16.5. The molecular weight excluding hydrogens is 438 g/mol. The van der Waals surface area contributed by atoms with Crippen LogP contribution in [0.3, 0.4) is 0 Å². The summed E-state index contributed by atoms with van der Waals surface area (Å²) in [6.45, 7) is 3.24. The van der Waals surface area contributed by atoms with Gasteiger partial charge in [-0.2, -0.15) is 19.6 Å². The highest BCUT2D eigenvalue weighted by Gasteiger charge is 2.31. The van der Waals surface area contributed by atoms with E-state index in [0.29, 0.717) is 23.6 Å². The summed E-state index contributed by atoms with van der Waals surface area (Å²) in [6.07, 6.45) is 4.12. The smallest absolute Gasteiger partial charge is 0.322 e. The molecule has 4 N–H and O–H groups in total. The molecule has 4 heterocycles. The van der Waals surface area contributed by atoms with Crippen LogP contribution in [0.2, 0.25) is 0 Å². The second-order valence-corrected chi connectivity index (χ2v) is 8.69. The fraction of sp³-hybridized carbons (Fsp3) is 0.409. The molecule has 1 aromatic carbocycles. The number of nitrogens with zero attached hydrogens (tertiary/aromatic N) is 5. The first kappa shape index (κ1) is 20.7. The number of morpholine rings is 1. The molecule has 12 nitrogen and oxygen atoms in total. The fourth-order valence-electron chi connectivity index (χ4n) is 4.16. The third kappa shape index (κ3) is 4.19. The summed E-state index contributed by atoms with van der Waals surface area (Å²) in [5.41, 5.74) is 3.34. The maximum absolute atomic E-state index is 12.0. The molecule has 2 aliphatic heterocycles. The van der Waals surface area contributed by atoms with Crippen molar-refractivity contribution in [3.8, 4) is 0 Å². The summed E-state index contributed by atoms with van der Waals surface area (Å²) >= 11 is 0. The van der Waals surface area contributed by atoms with E-state index in [1.54, 1.807) is 10.7 Å². The summed E-state index contributed by atoms with van der Waals surface area (Å²) in [5, 5.41) is 16.0. The van der Waals surface area contributed by atoms with E-state index in [4.69, 9.17) is 4.74 Å². The molecule has 176 valence electrons. The summed E-state index contributed by atoms with van der Waals surface area (Å²) in [5.74, 6) is 0.663. The largest absolute Gasteiger partial charge is 0.378 e. The van der Waals surface area contributed by atoms with Crippen molar-refractivity contribution >= 4 is 40.9 Å². The Morgan fingerprint density at radius 2 is 1.88 bits per heavy atom. The van der Waals surface area contributed by atoms with Crippen molar-refractivity contribution in [1.82, 2.24) is 30.2 Å². The van der Waals surface area contributed by atoms with Gasteiger partial charge in [-0.25, -0.2) is 4.79 Å². The third-order valence-electron chi connectivity index (χ3n) is 6.13. The number of carbonyl (C=O) groups is 2. The first-order chi connectivity index (χ1) is 16.6. The first-order valence-corrected chi connectivity index (χ1v) is 11.4. The Bertz CT molecular complexity index is 1230. The van der Waals surface area contributed by atoms with Gasteiger partial charge in [0.25, 0.3) is 5.91 Å². The van der Waals surface area contributed by atoms with Crippen LogP contribution in [-0.4, -0.2) is 69.9 Å². The second kappa shape index (κ2) is 8.45. The SMILES string of the molecule is O=C1NC(=O)C(Cc2cnn3c(NC4CC4)nc(Nc4ccc(N5CCOCC5)cc4)nc23)N1. The Hall–Kier alpha value is -3.93. The lowest BCUT2D eigenvalue weighted by Crippen LogP contribution is -2.36. The number of benzene rings is 1. The van der Waals surface area contributed by atoms with Gasteiger partial charge >= 0.3 is 6.03 Å². The molecule has 0 bridgehead atoms. The van der Waals surface area contributed by atoms with Gasteiger partial charge in [-0.1, -0.05) is 0 Å². The number of nitrogens with one attached hydrogen (secondary N) is 4. The lowest BCUT2D eigenvalue weighted by Gasteiger charge is -2.28. The Kier molecular flexibility index (Phi) is 5.13. The molecule has 1 atom stereocenters. The normalized spacial score (nSPS) is 20.4. The number of rotatable bonds is 7. The molecule has 1 unspecified atom stereocenters. The van der Waals surface area contributed by atoms with E-state index in [9.17, 15) is 9.59 Å². The zero-order valence-electron chi connectivity index (χ0n) is 18.5. The summed E-state index contributed by atoms with van der Waals surface area (Å²) < 4.78 is 7.08. The lowest BCUT2D eigenvalue weighted by atomic mass is 10.1. The third-order valence-corrected chi connectivity index (χ3v) is 6.13. The second-order valence-electron chi connectivity index (χ2n) is 8.69. The van der Waals surface area contributed by atoms with Gasteiger partial charge < -0.3 is 25.6 Å². The number of fused-ring (bicyclic) bond motifs is 1. The van der Waals surface area contributed by atoms with Gasteiger partial charge in [0, 0.05) is 42.5 Å². The van der Waals surface area contributed by atoms with Gasteiger partial charge in [0.15, 0.2) is 5.65 Å². The van der Waals surface area contributed by atoms with Crippen LogP contribution < -0.4 is 26.2 Å². The monoisotopic (exact) mass is 463 g/mol. The summed E-state index contributed by atoms with van der Waals surface area (Å²) in [4.78, 5) is 35.2. The van der Waals surface area contributed by atoms with E-state index >= 15 is 0 Å². The molecule has 3 aliphatic rings. The zero-order valence-corrected chi connectivity index (χ0v) is 18.5. The molecular formula is C22H25N9O3. The number of anilines is 4. The highest BCUT2D eigenvalue weighted by molar-refractivity contribution is 6.04. The average molecular weight is 464 g/mol. The topological polar surface area (TPSA) is 138 Å². The molecule has 3 aromatic rings. The van der Waals surface area contributed by atoms with Crippen molar-refractivity contribution in [2.75, 3.05) is 41.8 Å². The minimum Gasteiger partial charge on any atom is -0.378 e. The van der Waals surface area contributed by atoms with E-state index in [0.717, 1.165) is 56.1 Å². The van der Waals surface area contributed by atoms with Crippen molar-refractivity contribution in [3.05, 3.63) is 36.0 Å². The number of urea groups is 1. The van der Waals surface area contributed by atoms with Crippen molar-refractivity contribution in [1.29, 1.82) is 0 Å². The van der Waals surface area contributed by atoms with Gasteiger partial charge in [0.1, 0.15) is 6.04 Å². The van der Waals surface area contributed by atoms with E-state index < -0.39 is 12.1 Å². The fourth-order valence-corrected chi connectivity index (χ4v) is 4.16. The van der Waals surface area contributed by atoms with Gasteiger partial charge in [-0.3, -0.25) is 10.1 Å². The van der Waals surface area contributed by atoms with Crippen LogP contribution in [0.1, 0.15) is 18.4 Å². The number of aromatic nitrogens is 4. The molecule has 2 saturated heterocycles. The van der Waals surface area contributed by atoms with Crippen LogP contribution >= 0.6 is 0 Å². The molecule has 34 heavy (non-hydrogen) atoms. The van der Waals surface area contributed by atoms with E-state index in [2.05, 4.69) is 53.4 Å². The first-order valence-electron chi connectivity index (χ1n) is 11.4. The van der Waals surface area contributed by atoms with Crippen molar-refractivity contribution < 1.29 is 14.3 Å². The maximum atomic E-state index is 12.0. The number of hydrogen-bond donors (Lipinski definition) is 4. The van der Waals surface area contributed by atoms with E-state index in [1.807, 2.05) is 12.1 Å². The maximum Gasteiger partial charge on any atom is 0.322 e. The predicted octanol–water partition coefficient (Wildman–Crippen LogP) is 1.03. The van der Waals surface area contributed by atoms with Crippen molar-refractivity contribution in [2.45, 2.75) is 31.3 Å². The van der Waals surface area contributed by atoms with Crippen LogP contribution in [0.25, 0.3) is 5.65 Å². The van der Waals surface area contributed by atoms with Crippen LogP contribution in [0, 0.1) is 0 Å². The Morgan fingerprint density at radius 1 is 1.09 bits per heavy atom. The Balaban J connectivity index is 1.27. The van der Waals surface area contributed by atoms with E-state index in [1.165, 1.54) is 0 Å². The highest BCUT2D eigenvalue weighted by Crippen LogP contribution is 2.27. The number of hydrogen-bond acceptors (Lipinski definition) is 9. The van der Waals surface area contributed by atoms with Crippen LogP contribution in [0.15, 0.2) is 30.5 Å². The molecule has 0 spiro atoms. The van der Waals surface area contributed by atoms with Gasteiger partial charge in [-0.05, 0) is 37.1 Å². The van der Waals surface area contributed by atoms with E-state index in [-0.39, 0.29) is 12.3 Å². The molecule has 1 aliphatic carbocycles. The van der Waals surface area contributed by atoms with Gasteiger partial charge in [0.05, 0.1) is 19.4 Å².